The molecule has 25 heavy (non-hydrogen) atoms. The SMILES string of the molecule is CCCCNc1ccc(C=O)c(C)c1.O=C1NC(=O)c2ccccc21. The monoisotopic (exact) mass is 338 g/mol. The Morgan fingerprint density at radius 1 is 1.04 bits per heavy atom. The first-order valence-electron chi connectivity index (χ1n) is 8.31. The molecule has 2 amide bonds. The second kappa shape index (κ2) is 8.78. The number of nitrogens with one attached hydrogen (secondary N) is 2. The lowest BCUT2D eigenvalue weighted by atomic mass is 10.1. The number of hydrogen-bond donors (Lipinski definition) is 2. The maximum absolute atomic E-state index is 10.9. The van der Waals surface area contributed by atoms with Crippen LogP contribution in [0.5, 0.6) is 0 Å². The second-order valence-corrected chi connectivity index (χ2v) is 5.80. The van der Waals surface area contributed by atoms with Gasteiger partial charge in [0, 0.05) is 17.8 Å². The predicted octanol–water partition coefficient (Wildman–Crippen LogP) is 3.59. The molecule has 0 fully saturated rings. The highest BCUT2D eigenvalue weighted by molar-refractivity contribution is 6.21. The van der Waals surface area contributed by atoms with Crippen LogP contribution >= 0.6 is 0 Å². The van der Waals surface area contributed by atoms with Crippen molar-refractivity contribution in [2.45, 2.75) is 26.7 Å². The number of aldehydes is 1. The molecule has 0 radical (unpaired) electrons. The van der Waals surface area contributed by atoms with Crippen LogP contribution in [0.25, 0.3) is 0 Å². The van der Waals surface area contributed by atoms with Crippen LogP contribution in [-0.4, -0.2) is 24.6 Å². The first-order chi connectivity index (χ1) is 12.1. The molecule has 0 bridgehead atoms. The molecule has 0 aromatic heterocycles. The normalized spacial score (nSPS) is 11.9. The molecule has 3 rings (SSSR count). The standard InChI is InChI=1S/C12H17NO.C8H5NO2/c1-3-4-7-13-12-6-5-11(9-14)10(2)8-12;10-7-5-3-1-2-4-6(5)8(11)9-7/h5-6,8-9,13H,3-4,7H2,1-2H3;1-4H,(H,9,10,11). The lowest BCUT2D eigenvalue weighted by Crippen LogP contribution is -2.19. The summed E-state index contributed by atoms with van der Waals surface area (Å²) >= 11 is 0. The van der Waals surface area contributed by atoms with Gasteiger partial charge in [-0.25, -0.2) is 0 Å². The summed E-state index contributed by atoms with van der Waals surface area (Å²) in [6, 6.07) is 12.6. The lowest BCUT2D eigenvalue weighted by Gasteiger charge is -2.07. The Bertz CT molecular complexity index is 751. The summed E-state index contributed by atoms with van der Waals surface area (Å²) in [6.07, 6.45) is 3.26. The van der Waals surface area contributed by atoms with Crippen LogP contribution in [0.4, 0.5) is 5.69 Å². The first kappa shape index (κ1) is 18.4. The summed E-state index contributed by atoms with van der Waals surface area (Å²) in [5.74, 6) is -0.601. The Kier molecular flexibility index (Phi) is 6.46. The van der Waals surface area contributed by atoms with Crippen molar-refractivity contribution in [2.24, 2.45) is 0 Å². The molecule has 2 N–H and O–H groups in total. The Morgan fingerprint density at radius 2 is 1.68 bits per heavy atom. The number of aryl methyl sites for hydroxylation is 1. The number of rotatable bonds is 5. The number of carbonyl (C=O) groups is 3. The quantitative estimate of drug-likeness (QED) is 0.496. The fraction of sp³-hybridized carbons (Fsp3) is 0.250. The van der Waals surface area contributed by atoms with Crippen LogP contribution < -0.4 is 10.6 Å². The van der Waals surface area contributed by atoms with Crippen LogP contribution in [0.1, 0.15) is 56.4 Å². The van der Waals surface area contributed by atoms with Gasteiger partial charge in [-0.3, -0.25) is 19.7 Å². The third kappa shape index (κ3) is 4.76. The van der Waals surface area contributed by atoms with E-state index >= 15 is 0 Å². The molecule has 2 aromatic carbocycles. The van der Waals surface area contributed by atoms with Crippen LogP contribution in [0.3, 0.4) is 0 Å². The summed E-state index contributed by atoms with van der Waals surface area (Å²) in [5.41, 5.74) is 3.84. The van der Waals surface area contributed by atoms with Crippen molar-refractivity contribution in [3.05, 3.63) is 64.7 Å². The summed E-state index contributed by atoms with van der Waals surface area (Å²) in [7, 11) is 0. The van der Waals surface area contributed by atoms with Gasteiger partial charge < -0.3 is 5.32 Å². The van der Waals surface area contributed by atoms with Gasteiger partial charge in [-0.1, -0.05) is 25.5 Å². The van der Waals surface area contributed by atoms with E-state index in [1.54, 1.807) is 24.3 Å². The highest BCUT2D eigenvalue weighted by Crippen LogP contribution is 2.14. The lowest BCUT2D eigenvalue weighted by molar-refractivity contribution is 0.0879. The highest BCUT2D eigenvalue weighted by atomic mass is 16.2. The highest BCUT2D eigenvalue weighted by Gasteiger charge is 2.25. The van der Waals surface area contributed by atoms with E-state index in [-0.39, 0.29) is 11.8 Å². The number of benzene rings is 2. The summed E-state index contributed by atoms with van der Waals surface area (Å²) in [5, 5.41) is 5.53. The fourth-order valence-electron chi connectivity index (χ4n) is 2.44. The smallest absolute Gasteiger partial charge is 0.258 e. The minimum atomic E-state index is -0.300. The zero-order valence-corrected chi connectivity index (χ0v) is 14.5. The molecule has 5 nitrogen and oxygen atoms in total. The third-order valence-electron chi connectivity index (χ3n) is 3.90. The topological polar surface area (TPSA) is 75.3 Å². The van der Waals surface area contributed by atoms with Gasteiger partial charge in [-0.05, 0) is 49.2 Å². The van der Waals surface area contributed by atoms with Crippen molar-refractivity contribution in [1.82, 2.24) is 5.32 Å². The molecule has 5 heteroatoms. The van der Waals surface area contributed by atoms with E-state index in [2.05, 4.69) is 17.6 Å². The van der Waals surface area contributed by atoms with Crippen molar-refractivity contribution in [2.75, 3.05) is 11.9 Å². The molecular weight excluding hydrogens is 316 g/mol. The largest absolute Gasteiger partial charge is 0.385 e. The van der Waals surface area contributed by atoms with Gasteiger partial charge in [0.1, 0.15) is 6.29 Å². The van der Waals surface area contributed by atoms with Gasteiger partial charge in [-0.15, -0.1) is 0 Å². The third-order valence-corrected chi connectivity index (χ3v) is 3.90. The average molecular weight is 338 g/mol. The number of anilines is 1. The number of unbranched alkanes of at least 4 members (excludes halogenated alkanes) is 1. The van der Waals surface area contributed by atoms with E-state index in [9.17, 15) is 14.4 Å². The molecule has 1 aliphatic rings. The van der Waals surface area contributed by atoms with Gasteiger partial charge in [0.25, 0.3) is 11.8 Å². The van der Waals surface area contributed by atoms with E-state index < -0.39 is 0 Å². The summed E-state index contributed by atoms with van der Waals surface area (Å²) in [6.45, 7) is 5.12. The fourth-order valence-corrected chi connectivity index (χ4v) is 2.44. The molecule has 0 atom stereocenters. The Labute approximate surface area is 147 Å². The zero-order chi connectivity index (χ0) is 18.2. The molecule has 2 aromatic rings. The maximum Gasteiger partial charge on any atom is 0.258 e. The summed E-state index contributed by atoms with van der Waals surface area (Å²) < 4.78 is 0. The number of carbonyl (C=O) groups excluding carboxylic acids is 3. The van der Waals surface area contributed by atoms with E-state index in [1.165, 1.54) is 12.8 Å². The van der Waals surface area contributed by atoms with Gasteiger partial charge in [0.15, 0.2) is 0 Å². The molecule has 130 valence electrons. The summed E-state index contributed by atoms with van der Waals surface area (Å²) in [4.78, 5) is 32.5. The van der Waals surface area contributed by atoms with Gasteiger partial charge in [0.2, 0.25) is 0 Å². The van der Waals surface area contributed by atoms with E-state index in [0.29, 0.717) is 11.1 Å². The average Bonchev–Trinajstić information content (AvgIpc) is 2.91. The van der Waals surface area contributed by atoms with E-state index in [1.807, 2.05) is 25.1 Å². The minimum Gasteiger partial charge on any atom is -0.385 e. The molecular formula is C20H22N2O3. The van der Waals surface area contributed by atoms with E-state index in [4.69, 9.17) is 0 Å². The molecule has 0 saturated heterocycles. The van der Waals surface area contributed by atoms with Crippen molar-refractivity contribution < 1.29 is 14.4 Å². The van der Waals surface area contributed by atoms with Crippen molar-refractivity contribution in [1.29, 1.82) is 0 Å². The van der Waals surface area contributed by atoms with Gasteiger partial charge >= 0.3 is 0 Å². The number of imide groups is 1. The molecule has 0 unspecified atom stereocenters. The number of amides is 2. The number of fused-ring (bicyclic) bond motifs is 1. The predicted molar refractivity (Wildman–Crippen MR) is 98.2 cm³/mol. The molecule has 0 saturated carbocycles. The Morgan fingerprint density at radius 3 is 2.20 bits per heavy atom. The van der Waals surface area contributed by atoms with Crippen LogP contribution in [0.15, 0.2) is 42.5 Å². The first-order valence-corrected chi connectivity index (χ1v) is 8.31. The molecule has 0 aliphatic carbocycles. The van der Waals surface area contributed by atoms with Gasteiger partial charge in [0.05, 0.1) is 11.1 Å². The molecule has 1 aliphatic heterocycles. The van der Waals surface area contributed by atoms with E-state index in [0.717, 1.165) is 29.6 Å². The van der Waals surface area contributed by atoms with Crippen molar-refractivity contribution in [3.8, 4) is 0 Å². The Hall–Kier alpha value is -2.95. The molecule has 0 spiro atoms. The van der Waals surface area contributed by atoms with Crippen LogP contribution in [0.2, 0.25) is 0 Å². The van der Waals surface area contributed by atoms with Gasteiger partial charge in [-0.2, -0.15) is 0 Å². The maximum atomic E-state index is 10.9. The minimum absolute atomic E-state index is 0.300. The molecule has 1 heterocycles. The zero-order valence-electron chi connectivity index (χ0n) is 14.5. The Balaban J connectivity index is 0.000000185. The van der Waals surface area contributed by atoms with Crippen LogP contribution in [-0.2, 0) is 0 Å². The van der Waals surface area contributed by atoms with Crippen molar-refractivity contribution >= 4 is 23.8 Å². The number of hydrogen-bond acceptors (Lipinski definition) is 4. The van der Waals surface area contributed by atoms with Crippen molar-refractivity contribution in [3.63, 3.8) is 0 Å². The second-order valence-electron chi connectivity index (χ2n) is 5.80. The van der Waals surface area contributed by atoms with Crippen LogP contribution in [0, 0.1) is 6.92 Å².